The zero-order valence-electron chi connectivity index (χ0n) is 16.8. The summed E-state index contributed by atoms with van der Waals surface area (Å²) < 4.78 is 33.5. The lowest BCUT2D eigenvalue weighted by atomic mass is 10.1. The molecule has 10 nitrogen and oxygen atoms in total. The highest BCUT2D eigenvalue weighted by Gasteiger charge is 2.18. The first-order valence-corrected chi connectivity index (χ1v) is 10.7. The van der Waals surface area contributed by atoms with E-state index in [9.17, 15) is 23.3 Å². The number of nitro groups is 1. The summed E-state index contributed by atoms with van der Waals surface area (Å²) in [4.78, 5) is 22.6. The van der Waals surface area contributed by atoms with E-state index < -0.39 is 14.8 Å². The molecule has 2 rings (SSSR count). The molecule has 30 heavy (non-hydrogen) atoms. The molecule has 0 spiro atoms. The highest BCUT2D eigenvalue weighted by molar-refractivity contribution is 7.90. The number of carbonyl (C=O) groups excluding carboxylic acids is 1. The van der Waals surface area contributed by atoms with Crippen LogP contribution in [0.15, 0.2) is 41.3 Å². The van der Waals surface area contributed by atoms with Crippen LogP contribution >= 0.6 is 0 Å². The monoisotopic (exact) mass is 437 g/mol. The summed E-state index contributed by atoms with van der Waals surface area (Å²) in [5.74, 6) is 0.898. The molecule has 0 saturated heterocycles. The fourth-order valence-electron chi connectivity index (χ4n) is 2.68. The van der Waals surface area contributed by atoms with E-state index in [1.54, 1.807) is 18.2 Å². The van der Waals surface area contributed by atoms with Crippen LogP contribution in [0.2, 0.25) is 0 Å². The average Bonchev–Trinajstić information content (AvgIpc) is 2.70. The van der Waals surface area contributed by atoms with Crippen LogP contribution < -0.4 is 20.1 Å². The highest BCUT2D eigenvalue weighted by atomic mass is 32.2. The zero-order chi connectivity index (χ0) is 22.3. The van der Waals surface area contributed by atoms with E-state index in [1.807, 2.05) is 0 Å². The molecule has 0 atom stereocenters. The Hall–Kier alpha value is -3.34. The molecule has 0 aliphatic heterocycles. The van der Waals surface area contributed by atoms with E-state index in [0.717, 1.165) is 12.3 Å². The van der Waals surface area contributed by atoms with Crippen LogP contribution in [0, 0.1) is 10.1 Å². The molecule has 0 aliphatic carbocycles. The smallest absolute Gasteiger partial charge is 0.293 e. The quantitative estimate of drug-likeness (QED) is 0.326. The van der Waals surface area contributed by atoms with E-state index in [-0.39, 0.29) is 41.7 Å². The summed E-state index contributed by atoms with van der Waals surface area (Å²) in [6.07, 6.45) is 1.07. The summed E-state index contributed by atoms with van der Waals surface area (Å²) in [5.41, 5.74) is 0.501. The molecule has 2 aromatic rings. The van der Waals surface area contributed by atoms with Gasteiger partial charge in [-0.3, -0.25) is 14.9 Å². The first kappa shape index (κ1) is 22.9. The van der Waals surface area contributed by atoms with Crippen molar-refractivity contribution >= 4 is 27.1 Å². The van der Waals surface area contributed by atoms with Gasteiger partial charge in [0.25, 0.3) is 5.69 Å². The molecule has 0 aromatic heterocycles. The molecule has 0 bridgehead atoms. The van der Waals surface area contributed by atoms with Crippen molar-refractivity contribution in [1.82, 2.24) is 5.32 Å². The van der Waals surface area contributed by atoms with Crippen molar-refractivity contribution in [1.29, 1.82) is 0 Å². The van der Waals surface area contributed by atoms with E-state index in [0.29, 0.717) is 17.1 Å². The lowest BCUT2D eigenvalue weighted by Crippen LogP contribution is -2.30. The van der Waals surface area contributed by atoms with Crippen molar-refractivity contribution in [3.8, 4) is 11.5 Å². The maximum atomic E-state index is 12.2. The number of nitrogens with one attached hydrogen (secondary N) is 2. The average molecular weight is 437 g/mol. The second-order valence-corrected chi connectivity index (χ2v) is 8.36. The predicted octanol–water partition coefficient (Wildman–Crippen LogP) is 1.79. The predicted molar refractivity (Wildman–Crippen MR) is 111 cm³/mol. The maximum absolute atomic E-state index is 12.2. The molecular formula is C19H23N3O7S. The fourth-order valence-corrected chi connectivity index (χ4v) is 3.32. The van der Waals surface area contributed by atoms with Gasteiger partial charge in [0.05, 0.1) is 30.5 Å². The van der Waals surface area contributed by atoms with Crippen LogP contribution in [0.1, 0.15) is 5.56 Å². The zero-order valence-corrected chi connectivity index (χ0v) is 17.6. The van der Waals surface area contributed by atoms with Gasteiger partial charge in [0.2, 0.25) is 5.91 Å². The number of sulfone groups is 1. The third-order valence-corrected chi connectivity index (χ3v) is 5.31. The van der Waals surface area contributed by atoms with Gasteiger partial charge in [0.15, 0.2) is 9.84 Å². The van der Waals surface area contributed by atoms with Crippen molar-refractivity contribution in [2.24, 2.45) is 0 Å². The Kier molecular flexibility index (Phi) is 7.59. The highest BCUT2D eigenvalue weighted by Crippen LogP contribution is 2.27. The Morgan fingerprint density at radius 3 is 2.43 bits per heavy atom. The van der Waals surface area contributed by atoms with Gasteiger partial charge in [-0.05, 0) is 18.2 Å². The Morgan fingerprint density at radius 1 is 1.10 bits per heavy atom. The van der Waals surface area contributed by atoms with Crippen molar-refractivity contribution in [2.45, 2.75) is 11.3 Å². The molecule has 2 aromatic carbocycles. The van der Waals surface area contributed by atoms with Crippen LogP contribution in [0.5, 0.6) is 11.5 Å². The summed E-state index contributed by atoms with van der Waals surface area (Å²) in [7, 11) is -0.522. The van der Waals surface area contributed by atoms with Gasteiger partial charge in [0, 0.05) is 37.0 Å². The largest absolute Gasteiger partial charge is 0.497 e. The summed E-state index contributed by atoms with van der Waals surface area (Å²) >= 11 is 0. The maximum Gasteiger partial charge on any atom is 0.293 e. The topological polar surface area (TPSA) is 137 Å². The third kappa shape index (κ3) is 6.08. The Morgan fingerprint density at radius 2 is 1.83 bits per heavy atom. The number of rotatable bonds is 10. The van der Waals surface area contributed by atoms with Crippen molar-refractivity contribution in [3.63, 3.8) is 0 Å². The standard InChI is InChI=1S/C19H23N3O7S/c1-28-14-5-4-13(18(11-14)29-2)10-19(23)21-9-8-20-16-7-6-15(30(3,26)27)12-17(16)22(24)25/h4-7,11-12,20H,8-10H2,1-3H3,(H,21,23). The van der Waals surface area contributed by atoms with Gasteiger partial charge in [0.1, 0.15) is 17.2 Å². The summed E-state index contributed by atoms with van der Waals surface area (Å²) in [6, 6.07) is 8.78. The first-order chi connectivity index (χ1) is 14.2. The minimum Gasteiger partial charge on any atom is -0.497 e. The molecule has 0 unspecified atom stereocenters. The third-order valence-electron chi connectivity index (χ3n) is 4.20. The molecule has 0 radical (unpaired) electrons. The molecule has 162 valence electrons. The molecule has 1 amide bonds. The first-order valence-electron chi connectivity index (χ1n) is 8.85. The molecule has 0 heterocycles. The summed E-state index contributed by atoms with van der Waals surface area (Å²) in [5, 5.41) is 16.8. The minimum atomic E-state index is -3.56. The van der Waals surface area contributed by atoms with E-state index in [2.05, 4.69) is 10.6 Å². The van der Waals surface area contributed by atoms with Crippen molar-refractivity contribution < 1.29 is 27.6 Å². The Labute approximate surface area is 174 Å². The molecule has 0 saturated carbocycles. The number of nitro benzene ring substituents is 1. The van der Waals surface area contributed by atoms with Gasteiger partial charge < -0.3 is 20.1 Å². The van der Waals surface area contributed by atoms with Crippen LogP contribution in [0.25, 0.3) is 0 Å². The van der Waals surface area contributed by atoms with Crippen LogP contribution in [-0.2, 0) is 21.1 Å². The molecule has 0 fully saturated rings. The number of nitrogens with zero attached hydrogens (tertiary/aromatic N) is 1. The minimum absolute atomic E-state index is 0.0936. The second-order valence-electron chi connectivity index (χ2n) is 6.34. The molecule has 0 aliphatic rings. The number of anilines is 1. The normalized spacial score (nSPS) is 10.9. The number of hydrogen-bond acceptors (Lipinski definition) is 8. The number of ether oxygens (including phenoxy) is 2. The number of benzene rings is 2. The lowest BCUT2D eigenvalue weighted by molar-refractivity contribution is -0.384. The van der Waals surface area contributed by atoms with Crippen LogP contribution in [-0.4, -0.2) is 52.8 Å². The van der Waals surface area contributed by atoms with Gasteiger partial charge in [-0.2, -0.15) is 0 Å². The summed E-state index contributed by atoms with van der Waals surface area (Å²) in [6.45, 7) is 0.423. The number of methoxy groups -OCH3 is 2. The molecule has 2 N–H and O–H groups in total. The van der Waals surface area contributed by atoms with Gasteiger partial charge in [-0.15, -0.1) is 0 Å². The number of amides is 1. The van der Waals surface area contributed by atoms with Gasteiger partial charge in [-0.1, -0.05) is 6.07 Å². The van der Waals surface area contributed by atoms with Crippen LogP contribution in [0.4, 0.5) is 11.4 Å². The van der Waals surface area contributed by atoms with Gasteiger partial charge in [-0.25, -0.2) is 8.42 Å². The molecule has 11 heteroatoms. The van der Waals surface area contributed by atoms with Crippen LogP contribution in [0.3, 0.4) is 0 Å². The fraction of sp³-hybridized carbons (Fsp3) is 0.316. The van der Waals surface area contributed by atoms with Crippen molar-refractivity contribution in [3.05, 3.63) is 52.1 Å². The van der Waals surface area contributed by atoms with E-state index in [4.69, 9.17) is 9.47 Å². The van der Waals surface area contributed by atoms with E-state index >= 15 is 0 Å². The Balaban J connectivity index is 1.94. The van der Waals surface area contributed by atoms with E-state index in [1.165, 1.54) is 26.4 Å². The van der Waals surface area contributed by atoms with Gasteiger partial charge >= 0.3 is 0 Å². The SMILES string of the molecule is COc1ccc(CC(=O)NCCNc2ccc(S(C)(=O)=O)cc2[N+](=O)[O-])c(OC)c1. The Bertz CT molecular complexity index is 1040. The number of hydrogen-bond donors (Lipinski definition) is 2. The second kappa shape index (κ2) is 9.92. The lowest BCUT2D eigenvalue weighted by Gasteiger charge is -2.11. The van der Waals surface area contributed by atoms with Crippen molar-refractivity contribution in [2.75, 3.05) is 38.9 Å². The molecular weight excluding hydrogens is 414 g/mol. The number of carbonyl (C=O) groups is 1.